The van der Waals surface area contributed by atoms with Crippen LogP contribution in [0.5, 0.6) is 0 Å². The molecule has 3 rings (SSSR count). The predicted molar refractivity (Wildman–Crippen MR) is 80.1 cm³/mol. The zero-order chi connectivity index (χ0) is 15.5. The lowest BCUT2D eigenvalue weighted by Gasteiger charge is -2.00. The van der Waals surface area contributed by atoms with Crippen LogP contribution in [0.15, 0.2) is 41.1 Å². The second-order valence-electron chi connectivity index (χ2n) is 4.89. The standard InChI is InChI=1S/C15H15N5O2/c1-10-13(12-6-4-3-5-7-12)8-20(18-10)9-14(21)17-15-16-11(2)19-22-15/h3-8H,9H2,1-2H3,(H,16,17,19,21). The summed E-state index contributed by atoms with van der Waals surface area (Å²) in [5.41, 5.74) is 2.94. The maximum Gasteiger partial charge on any atom is 0.328 e. The second kappa shape index (κ2) is 5.80. The van der Waals surface area contributed by atoms with Crippen molar-refractivity contribution < 1.29 is 9.32 Å². The van der Waals surface area contributed by atoms with Crippen molar-refractivity contribution in [2.45, 2.75) is 20.4 Å². The minimum atomic E-state index is -0.272. The van der Waals surface area contributed by atoms with Gasteiger partial charge in [0.15, 0.2) is 5.82 Å². The van der Waals surface area contributed by atoms with Crippen LogP contribution in [0.1, 0.15) is 11.5 Å². The van der Waals surface area contributed by atoms with Gasteiger partial charge < -0.3 is 4.52 Å². The summed E-state index contributed by atoms with van der Waals surface area (Å²) in [5.74, 6) is 0.197. The molecule has 3 aromatic rings. The summed E-state index contributed by atoms with van der Waals surface area (Å²) in [5, 5.41) is 10.5. The van der Waals surface area contributed by atoms with Crippen molar-refractivity contribution in [2.24, 2.45) is 0 Å². The SMILES string of the molecule is Cc1noc(NC(=O)Cn2cc(-c3ccccc3)c(C)n2)n1. The van der Waals surface area contributed by atoms with Crippen molar-refractivity contribution in [1.82, 2.24) is 19.9 Å². The summed E-state index contributed by atoms with van der Waals surface area (Å²) >= 11 is 0. The Morgan fingerprint density at radius 1 is 1.27 bits per heavy atom. The van der Waals surface area contributed by atoms with Gasteiger partial charge in [-0.25, -0.2) is 0 Å². The van der Waals surface area contributed by atoms with E-state index in [1.54, 1.807) is 11.6 Å². The number of rotatable bonds is 4. The zero-order valence-electron chi connectivity index (χ0n) is 12.3. The molecule has 0 bridgehead atoms. The molecule has 1 N–H and O–H groups in total. The van der Waals surface area contributed by atoms with E-state index < -0.39 is 0 Å². The Bertz CT molecular complexity index is 791. The van der Waals surface area contributed by atoms with Gasteiger partial charge in [0.25, 0.3) is 0 Å². The zero-order valence-corrected chi connectivity index (χ0v) is 12.3. The molecule has 0 aliphatic carbocycles. The molecule has 0 spiro atoms. The number of nitrogens with one attached hydrogen (secondary N) is 1. The van der Waals surface area contributed by atoms with E-state index in [1.165, 1.54) is 0 Å². The highest BCUT2D eigenvalue weighted by Gasteiger charge is 2.12. The minimum absolute atomic E-state index is 0.0785. The summed E-state index contributed by atoms with van der Waals surface area (Å²) in [6, 6.07) is 10.0. The Morgan fingerprint density at radius 2 is 2.05 bits per heavy atom. The van der Waals surface area contributed by atoms with E-state index in [1.807, 2.05) is 43.5 Å². The second-order valence-corrected chi connectivity index (χ2v) is 4.89. The molecule has 2 heterocycles. The Hall–Kier alpha value is -2.96. The van der Waals surface area contributed by atoms with Crippen molar-refractivity contribution in [3.05, 3.63) is 48.0 Å². The molecule has 7 nitrogen and oxygen atoms in total. The Morgan fingerprint density at radius 3 is 2.73 bits per heavy atom. The predicted octanol–water partition coefficient (Wildman–Crippen LogP) is 2.19. The largest absolute Gasteiger partial charge is 0.328 e. The topological polar surface area (TPSA) is 85.8 Å². The summed E-state index contributed by atoms with van der Waals surface area (Å²) in [7, 11) is 0. The number of amides is 1. The molecule has 2 aromatic heterocycles. The third-order valence-electron chi connectivity index (χ3n) is 3.11. The van der Waals surface area contributed by atoms with Crippen molar-refractivity contribution >= 4 is 11.9 Å². The summed E-state index contributed by atoms with van der Waals surface area (Å²) in [4.78, 5) is 15.9. The normalized spacial score (nSPS) is 10.6. The van der Waals surface area contributed by atoms with Gasteiger partial charge in [-0.05, 0) is 19.4 Å². The number of aryl methyl sites for hydroxylation is 2. The van der Waals surface area contributed by atoms with E-state index in [0.717, 1.165) is 16.8 Å². The first-order chi connectivity index (χ1) is 10.6. The lowest BCUT2D eigenvalue weighted by atomic mass is 10.1. The summed E-state index contributed by atoms with van der Waals surface area (Å²) in [6.45, 7) is 3.68. The molecular weight excluding hydrogens is 282 g/mol. The van der Waals surface area contributed by atoms with Gasteiger partial charge in [-0.1, -0.05) is 35.5 Å². The number of hydrogen-bond acceptors (Lipinski definition) is 5. The highest BCUT2D eigenvalue weighted by atomic mass is 16.5. The van der Waals surface area contributed by atoms with Gasteiger partial charge in [0.05, 0.1) is 5.69 Å². The third-order valence-corrected chi connectivity index (χ3v) is 3.11. The molecule has 7 heteroatoms. The molecule has 0 aliphatic heterocycles. The van der Waals surface area contributed by atoms with Crippen molar-refractivity contribution in [3.8, 4) is 11.1 Å². The van der Waals surface area contributed by atoms with Crippen LogP contribution in [-0.4, -0.2) is 25.8 Å². The van der Waals surface area contributed by atoms with Crippen molar-refractivity contribution in [2.75, 3.05) is 5.32 Å². The van der Waals surface area contributed by atoms with Crippen molar-refractivity contribution in [3.63, 3.8) is 0 Å². The molecular formula is C15H15N5O2. The number of benzene rings is 1. The monoisotopic (exact) mass is 297 g/mol. The maximum absolute atomic E-state index is 11.9. The first kappa shape index (κ1) is 14.0. The highest BCUT2D eigenvalue weighted by Crippen LogP contribution is 2.21. The lowest BCUT2D eigenvalue weighted by molar-refractivity contribution is -0.117. The Balaban J connectivity index is 1.72. The lowest BCUT2D eigenvalue weighted by Crippen LogP contribution is -2.19. The van der Waals surface area contributed by atoms with Gasteiger partial charge in [-0.3, -0.25) is 14.8 Å². The molecule has 22 heavy (non-hydrogen) atoms. The number of anilines is 1. The van der Waals surface area contributed by atoms with Crippen LogP contribution in [-0.2, 0) is 11.3 Å². The number of carbonyl (C=O) groups is 1. The molecule has 0 saturated heterocycles. The molecule has 0 saturated carbocycles. The van der Waals surface area contributed by atoms with E-state index >= 15 is 0 Å². The molecule has 0 aliphatic rings. The molecule has 112 valence electrons. The van der Waals surface area contributed by atoms with Crippen LogP contribution in [0.25, 0.3) is 11.1 Å². The van der Waals surface area contributed by atoms with Gasteiger partial charge >= 0.3 is 6.01 Å². The van der Waals surface area contributed by atoms with Gasteiger partial charge in [0.2, 0.25) is 5.91 Å². The highest BCUT2D eigenvalue weighted by molar-refractivity contribution is 5.88. The smallest absolute Gasteiger partial charge is 0.315 e. The molecule has 0 radical (unpaired) electrons. The van der Waals surface area contributed by atoms with E-state index in [4.69, 9.17) is 4.52 Å². The molecule has 0 fully saturated rings. The third kappa shape index (κ3) is 3.03. The van der Waals surface area contributed by atoms with Gasteiger partial charge in [-0.2, -0.15) is 10.1 Å². The molecule has 1 amide bonds. The number of aromatic nitrogens is 4. The Kier molecular flexibility index (Phi) is 3.69. The fourth-order valence-electron chi connectivity index (χ4n) is 2.15. The van der Waals surface area contributed by atoms with Gasteiger partial charge in [0, 0.05) is 11.8 Å². The first-order valence-electron chi connectivity index (χ1n) is 6.81. The van der Waals surface area contributed by atoms with Gasteiger partial charge in [0.1, 0.15) is 6.54 Å². The first-order valence-corrected chi connectivity index (χ1v) is 6.81. The average molecular weight is 297 g/mol. The Labute approximate surface area is 127 Å². The fraction of sp³-hybridized carbons (Fsp3) is 0.200. The molecule has 0 unspecified atom stereocenters. The van der Waals surface area contributed by atoms with Crippen molar-refractivity contribution in [1.29, 1.82) is 0 Å². The van der Waals surface area contributed by atoms with Crippen LogP contribution >= 0.6 is 0 Å². The van der Waals surface area contributed by atoms with E-state index in [2.05, 4.69) is 20.6 Å². The van der Waals surface area contributed by atoms with Gasteiger partial charge in [-0.15, -0.1) is 0 Å². The maximum atomic E-state index is 11.9. The number of nitrogens with zero attached hydrogens (tertiary/aromatic N) is 4. The van der Waals surface area contributed by atoms with Crippen LogP contribution in [0.3, 0.4) is 0 Å². The van der Waals surface area contributed by atoms with Crippen LogP contribution in [0, 0.1) is 13.8 Å². The number of carbonyl (C=O) groups excluding carboxylic acids is 1. The van der Waals surface area contributed by atoms with E-state index in [-0.39, 0.29) is 18.5 Å². The fourth-order valence-corrected chi connectivity index (χ4v) is 2.15. The summed E-state index contributed by atoms with van der Waals surface area (Å²) in [6.07, 6.45) is 1.85. The average Bonchev–Trinajstić information content (AvgIpc) is 3.05. The minimum Gasteiger partial charge on any atom is -0.315 e. The van der Waals surface area contributed by atoms with Crippen LogP contribution in [0.4, 0.5) is 6.01 Å². The van der Waals surface area contributed by atoms with Crippen LogP contribution in [0.2, 0.25) is 0 Å². The van der Waals surface area contributed by atoms with Crippen LogP contribution < -0.4 is 5.32 Å². The van der Waals surface area contributed by atoms with E-state index in [0.29, 0.717) is 5.82 Å². The quantitative estimate of drug-likeness (QED) is 0.797. The number of hydrogen-bond donors (Lipinski definition) is 1. The molecule has 1 aromatic carbocycles. The molecule has 0 atom stereocenters. The van der Waals surface area contributed by atoms with E-state index in [9.17, 15) is 4.79 Å². The summed E-state index contributed by atoms with van der Waals surface area (Å²) < 4.78 is 6.44.